The molecule has 1 aromatic rings. The Kier molecular flexibility index (Phi) is 75.6. The Labute approximate surface area is 810 Å². The Hall–Kier alpha value is -7.68. The first-order valence-corrected chi connectivity index (χ1v) is 53.4. The molecule has 776 valence electrons. The van der Waals surface area contributed by atoms with Gasteiger partial charge in [0.15, 0.2) is 6.10 Å². The monoisotopic (exact) mass is 1970 g/mol. The maximum atomic E-state index is 14.4. The molecule has 135 heavy (non-hydrogen) atoms. The summed E-state index contributed by atoms with van der Waals surface area (Å²) < 4.78 is 38.3. The Morgan fingerprint density at radius 1 is 0.459 bits per heavy atom. The largest absolute Gasteiger partial charge is 0.481 e. The molecule has 0 aromatic heterocycles. The average molecular weight is 1970 g/mol. The standard InChI is InChI=1S/C52H85N11O16S2.C44H85O9P/c1-8-29(5)41(63-51(76)42(30(6)9-2)62-49(74)38(26-64)60-45(70)32(54)27-81-80-22-21-79-7)50(75)59-37(25-39(55)65)48(73)58-36(24-31-15-11-10-12-16-31)47(72)57-34(18-19-40(66)67)46(71)56-33(17-13-14-20-53)43(68)44(69)35(23-28(3)4)61-52(77)78;1-4-6-8-10-12-14-16-18-20-22-24-26-28-30-32-36-43(46)50-39-42(40-52-54(48,49)51-38-34-35-41(3)45)53-44(47)37-33-31-29-27-25-23-21-19-17-15-13-11-9-7-5-2/h10-12,15-16,28-30,32-38,41-42,61,64H,8-9,13-14,17-27,53-54H2,1-7H3,(H2,55,65)(H,56,71)(H,57,72)(H,58,73)(H,59,75)(H,60,70)(H,62,74)(H,63,76)(H,66,67)(H,77,78);42H,4-40H2,1-3H3,(H,48,49)/t29-,30-,32?,33-,34?,35-,36-,37?,38-,41-,42-;42-/m01/s1. The summed E-state index contributed by atoms with van der Waals surface area (Å²) in [6.45, 7) is 15.0. The second kappa shape index (κ2) is 80.2. The molecule has 0 bridgehead atoms. The number of rotatable bonds is 85. The molecule has 18 N–H and O–H groups in total. The van der Waals surface area contributed by atoms with Gasteiger partial charge >= 0.3 is 31.8 Å². The first kappa shape index (κ1) is 127. The lowest BCUT2D eigenvalue weighted by Crippen LogP contribution is -2.62. The van der Waals surface area contributed by atoms with Crippen molar-refractivity contribution in [2.24, 2.45) is 35.0 Å². The van der Waals surface area contributed by atoms with Gasteiger partial charge in [-0.05, 0) is 88.2 Å². The number of aliphatic hydroxyl groups excluding tert-OH is 1. The molecule has 0 aliphatic carbocycles. The number of carbonyl (C=O) groups is 15. The second-order valence-corrected chi connectivity index (χ2v) is 39.6. The molecule has 0 heterocycles. The van der Waals surface area contributed by atoms with Crippen LogP contribution in [0.2, 0.25) is 0 Å². The van der Waals surface area contributed by atoms with Crippen LogP contribution in [0, 0.1) is 17.8 Å². The molecular weight excluding hydrogens is 1800 g/mol. The molecule has 1 rings (SSSR count). The van der Waals surface area contributed by atoms with Gasteiger partial charge in [-0.25, -0.2) is 9.36 Å². The molecule has 1 aromatic carbocycles. The summed E-state index contributed by atoms with van der Waals surface area (Å²) in [4.78, 5) is 207. The number of carboxylic acids is 1. The van der Waals surface area contributed by atoms with E-state index < -0.39 is 189 Å². The van der Waals surface area contributed by atoms with Crippen molar-refractivity contribution in [3.63, 3.8) is 0 Å². The SMILES string of the molecule is CCCCCCCCCCCCCCCCCC(=O)OC[C@H](COP(=O)(O)OCCCC(C)=O)OC(=O)CCCCCCCCCCCCCCCCC.CC[C@H](C)[C@H](NC(=O)[C@H](CO)NC(=O)C(N)CSSCCOC)C(=O)N[C@H](C(=O)NC(CC(N)=O)C(=O)N[C@@H](Cc1ccccc1)C(=O)NC(CCC(=O)O)C(=O)N[C@@H](CCCCN)C(=O)C(=O)[C@H](CC(C)C)NC(=O)O)[C@@H](C)CC. The van der Waals surface area contributed by atoms with E-state index >= 15 is 0 Å². The number of aliphatic carboxylic acids is 1. The summed E-state index contributed by atoms with van der Waals surface area (Å²) >= 11 is 0. The number of nitrogens with two attached hydrogens (primary N) is 3. The van der Waals surface area contributed by atoms with Crippen molar-refractivity contribution >= 4 is 118 Å². The van der Waals surface area contributed by atoms with Gasteiger partial charge in [-0.3, -0.25) is 71.4 Å². The summed E-state index contributed by atoms with van der Waals surface area (Å²) in [7, 11) is -0.153. The number of carbonyl (C=O) groups excluding carboxylic acids is 13. The van der Waals surface area contributed by atoms with Crippen LogP contribution in [0.15, 0.2) is 30.3 Å². The normalized spacial score (nSPS) is 14.4. The van der Waals surface area contributed by atoms with E-state index in [0.717, 1.165) is 38.5 Å². The van der Waals surface area contributed by atoms with E-state index in [-0.39, 0.29) is 101 Å². The zero-order valence-electron chi connectivity index (χ0n) is 82.5. The van der Waals surface area contributed by atoms with Crippen molar-refractivity contribution in [3.05, 3.63) is 35.9 Å². The van der Waals surface area contributed by atoms with Crippen molar-refractivity contribution in [1.29, 1.82) is 0 Å². The topological polar surface area (TPSA) is 574 Å². The van der Waals surface area contributed by atoms with Crippen LogP contribution in [-0.2, 0) is 101 Å². The van der Waals surface area contributed by atoms with Crippen LogP contribution < -0.4 is 59.7 Å². The Balaban J connectivity index is 0.00000289. The number of methoxy groups -OCH3 is 1. The molecule has 0 spiro atoms. The van der Waals surface area contributed by atoms with Gasteiger partial charge in [0.05, 0.1) is 51.0 Å². The van der Waals surface area contributed by atoms with Gasteiger partial charge in [0, 0.05) is 50.7 Å². The Morgan fingerprint density at radius 2 is 0.904 bits per heavy atom. The molecule has 0 fully saturated rings. The number of phosphoric ester groups is 1. The highest BCUT2D eigenvalue weighted by Gasteiger charge is 2.40. The fourth-order valence-electron chi connectivity index (χ4n) is 14.4. The number of hydrogen-bond acceptors (Lipinski definition) is 26. The second-order valence-electron chi connectivity index (χ2n) is 35.5. The number of esters is 2. The number of Topliss-reactive ketones (excluding diaryl/α,β-unsaturated/α-hetero) is 3. The van der Waals surface area contributed by atoms with Crippen molar-refractivity contribution in [3.8, 4) is 0 Å². The fraction of sp³-hybridized carbons (Fsp3) is 0.781. The number of carboxylic acid groups (broad SMARTS) is 2. The van der Waals surface area contributed by atoms with Crippen LogP contribution in [0.3, 0.4) is 0 Å². The van der Waals surface area contributed by atoms with Gasteiger partial charge in [0.25, 0.3) is 0 Å². The number of benzene rings is 1. The first-order valence-electron chi connectivity index (χ1n) is 49.4. The molecule has 36 nitrogen and oxygen atoms in total. The molecule has 0 saturated carbocycles. The molecule has 39 heteroatoms. The van der Waals surface area contributed by atoms with E-state index in [1.807, 2.05) is 5.32 Å². The van der Waals surface area contributed by atoms with E-state index in [1.165, 1.54) is 176 Å². The lowest BCUT2D eigenvalue weighted by atomic mass is 9.93. The molecule has 9 amide bonds. The Morgan fingerprint density at radius 3 is 1.37 bits per heavy atom. The summed E-state index contributed by atoms with van der Waals surface area (Å²) in [5, 5.41) is 48.6. The van der Waals surface area contributed by atoms with Gasteiger partial charge in [-0.15, -0.1) is 0 Å². The molecule has 0 saturated heterocycles. The number of nitrogens with one attached hydrogen (secondary N) is 8. The molecule has 4 unspecified atom stereocenters. The maximum absolute atomic E-state index is 14.4. The van der Waals surface area contributed by atoms with Crippen LogP contribution in [0.25, 0.3) is 0 Å². The van der Waals surface area contributed by atoms with Gasteiger partial charge in [-0.2, -0.15) is 0 Å². The predicted molar refractivity (Wildman–Crippen MR) is 524 cm³/mol. The third-order valence-electron chi connectivity index (χ3n) is 22.9. The summed E-state index contributed by atoms with van der Waals surface area (Å²) in [6.07, 6.45) is 34.2. The minimum Gasteiger partial charge on any atom is -0.481 e. The van der Waals surface area contributed by atoms with Crippen LogP contribution in [0.5, 0.6) is 0 Å². The van der Waals surface area contributed by atoms with Gasteiger partial charge in [0.2, 0.25) is 58.8 Å². The third kappa shape index (κ3) is 65.7. The van der Waals surface area contributed by atoms with Gasteiger partial charge in [0.1, 0.15) is 48.6 Å². The number of primary amides is 1. The lowest BCUT2D eigenvalue weighted by Gasteiger charge is -2.31. The zero-order chi connectivity index (χ0) is 101. The van der Waals surface area contributed by atoms with E-state index in [9.17, 15) is 96.7 Å². The van der Waals surface area contributed by atoms with Crippen molar-refractivity contribution in [2.75, 3.05) is 58.2 Å². The summed E-state index contributed by atoms with van der Waals surface area (Å²) in [5.41, 5.74) is 17.7. The maximum Gasteiger partial charge on any atom is 0.472 e. The minimum atomic E-state index is -4.44. The van der Waals surface area contributed by atoms with Crippen molar-refractivity contribution in [2.45, 2.75) is 405 Å². The third-order valence-corrected chi connectivity index (χ3v) is 26.3. The van der Waals surface area contributed by atoms with Crippen molar-refractivity contribution < 1.29 is 120 Å². The molecular formula is C96H170N11O25PS2. The number of ketones is 3. The van der Waals surface area contributed by atoms with Crippen LogP contribution in [-0.4, -0.2) is 227 Å². The van der Waals surface area contributed by atoms with Crippen LogP contribution >= 0.6 is 29.4 Å². The lowest BCUT2D eigenvalue weighted by molar-refractivity contribution is -0.161. The highest BCUT2D eigenvalue weighted by Crippen LogP contribution is 2.43. The minimum absolute atomic E-state index is 0.0421. The van der Waals surface area contributed by atoms with E-state index in [0.29, 0.717) is 37.2 Å². The Bertz CT molecular complexity index is 3580. The van der Waals surface area contributed by atoms with E-state index in [2.05, 4.69) is 51.1 Å². The number of amides is 9. The average Bonchev–Trinajstić information content (AvgIpc) is 0.832. The van der Waals surface area contributed by atoms with Crippen LogP contribution in [0.1, 0.15) is 344 Å². The smallest absolute Gasteiger partial charge is 0.472 e. The number of phosphoric acid groups is 1. The molecule has 0 aliphatic heterocycles. The molecule has 13 atom stereocenters. The molecule has 0 radical (unpaired) electrons. The first-order chi connectivity index (χ1) is 64.4. The quantitative estimate of drug-likeness (QED) is 0.00947. The highest BCUT2D eigenvalue weighted by molar-refractivity contribution is 8.76. The summed E-state index contributed by atoms with van der Waals surface area (Å²) in [6, 6.07) is -5.45. The van der Waals surface area contributed by atoms with E-state index in [1.54, 1.807) is 79.0 Å². The van der Waals surface area contributed by atoms with Gasteiger partial charge < -0.3 is 99.0 Å². The number of aliphatic hydroxyl groups is 1. The zero-order valence-corrected chi connectivity index (χ0v) is 85.0. The number of ether oxygens (including phenoxy) is 3. The number of hydrogen-bond donors (Lipinski definition) is 15. The fourth-order valence-corrected chi connectivity index (χ4v) is 17.2. The molecule has 0 aliphatic rings. The highest BCUT2D eigenvalue weighted by atomic mass is 33.1. The van der Waals surface area contributed by atoms with Gasteiger partial charge in [-0.1, -0.05) is 300 Å². The number of unbranched alkanes of at least 4 members (excludes halogenated alkanes) is 29. The van der Waals surface area contributed by atoms with Crippen LogP contribution in [0.4, 0.5) is 4.79 Å². The summed E-state index contributed by atoms with van der Waals surface area (Å²) in [5.74, 6) is -13.2. The van der Waals surface area contributed by atoms with E-state index in [4.69, 9.17) is 40.5 Å². The predicted octanol–water partition coefficient (Wildman–Crippen LogP) is 12.2. The van der Waals surface area contributed by atoms with Crippen molar-refractivity contribution in [1.82, 2.24) is 42.5 Å².